The molecule has 76 valence electrons. The second-order valence-corrected chi connectivity index (χ2v) is 3.34. The topological polar surface area (TPSA) is 63.6 Å². The minimum atomic E-state index is -0.833. The summed E-state index contributed by atoms with van der Waals surface area (Å²) in [6, 6.07) is 0. The Morgan fingerprint density at radius 3 is 1.77 bits per heavy atom. The van der Waals surface area contributed by atoms with Crippen LogP contribution in [0.25, 0.3) is 0 Å². The van der Waals surface area contributed by atoms with Gasteiger partial charge < -0.3 is 9.84 Å². The van der Waals surface area contributed by atoms with E-state index in [0.717, 1.165) is 13.2 Å². The van der Waals surface area contributed by atoms with Gasteiger partial charge in [-0.25, -0.2) is 0 Å². The van der Waals surface area contributed by atoms with Crippen molar-refractivity contribution in [3.8, 4) is 0 Å². The van der Waals surface area contributed by atoms with Gasteiger partial charge in [0.25, 0.3) is 5.97 Å². The molecule has 0 radical (unpaired) electrons. The highest BCUT2D eigenvalue weighted by Crippen LogP contribution is 2.14. The Labute approximate surface area is 78.2 Å². The highest BCUT2D eigenvalue weighted by atomic mass is 16.5. The molecule has 0 unspecified atom stereocenters. The second-order valence-electron chi connectivity index (χ2n) is 3.34. The minimum absolute atomic E-state index is 0.252. The van der Waals surface area contributed by atoms with Crippen LogP contribution in [0, 0.1) is 5.41 Å². The average Bonchev–Trinajstić information content (AvgIpc) is 1.84. The van der Waals surface area contributed by atoms with Crippen molar-refractivity contribution in [2.45, 2.75) is 27.7 Å². The summed E-state index contributed by atoms with van der Waals surface area (Å²) in [5.74, 6) is -1.09. The van der Waals surface area contributed by atoms with E-state index in [1.54, 1.807) is 20.8 Å². The predicted octanol–water partition coefficient (Wildman–Crippen LogP) is 1.81. The van der Waals surface area contributed by atoms with Gasteiger partial charge in [0.2, 0.25) is 0 Å². The lowest BCUT2D eigenvalue weighted by Gasteiger charge is -2.13. The lowest BCUT2D eigenvalue weighted by atomic mass is 9.98. The van der Waals surface area contributed by atoms with Crippen molar-refractivity contribution in [3.05, 3.63) is 12.8 Å². The molecule has 13 heavy (non-hydrogen) atoms. The van der Waals surface area contributed by atoms with E-state index >= 15 is 0 Å². The molecule has 0 aromatic rings. The normalized spacial score (nSPS) is 9.23. The van der Waals surface area contributed by atoms with E-state index < -0.39 is 11.4 Å². The highest BCUT2D eigenvalue weighted by Gasteiger charge is 2.21. The molecule has 0 heterocycles. The molecule has 0 aliphatic rings. The fraction of sp³-hybridized carbons (Fsp3) is 0.556. The number of carboxylic acid groups (broad SMARTS) is 1. The van der Waals surface area contributed by atoms with Crippen LogP contribution in [-0.2, 0) is 14.3 Å². The molecule has 4 heteroatoms. The monoisotopic (exact) mass is 188 g/mol. The average molecular weight is 188 g/mol. The first kappa shape index (κ1) is 14.2. The number of esters is 1. The minimum Gasteiger partial charge on any atom is -0.481 e. The molecule has 0 atom stereocenters. The smallest absolute Gasteiger partial charge is 0.316 e. The Kier molecular flexibility index (Phi) is 6.81. The molecule has 0 saturated carbocycles. The zero-order valence-electron chi connectivity index (χ0n) is 8.46. The summed E-state index contributed by atoms with van der Waals surface area (Å²) in [4.78, 5) is 19.8. The van der Waals surface area contributed by atoms with Gasteiger partial charge in [-0.15, -0.1) is 0 Å². The number of hydrogen-bond donors (Lipinski definition) is 1. The van der Waals surface area contributed by atoms with Crippen molar-refractivity contribution in [2.75, 3.05) is 0 Å². The Morgan fingerprint density at radius 1 is 1.38 bits per heavy atom. The van der Waals surface area contributed by atoms with Gasteiger partial charge in [-0.2, -0.15) is 0 Å². The molecule has 0 amide bonds. The molecule has 0 aromatic heterocycles. The Hall–Kier alpha value is -1.32. The molecule has 0 aromatic carbocycles. The summed E-state index contributed by atoms with van der Waals surface area (Å²) in [6.07, 6.45) is 1.15. The van der Waals surface area contributed by atoms with Crippen LogP contribution in [0.5, 0.6) is 0 Å². The third-order valence-electron chi connectivity index (χ3n) is 0.803. The van der Waals surface area contributed by atoms with E-state index in [-0.39, 0.29) is 5.97 Å². The maximum Gasteiger partial charge on any atom is 0.316 e. The largest absolute Gasteiger partial charge is 0.481 e. The fourth-order valence-corrected chi connectivity index (χ4v) is 0.252. The van der Waals surface area contributed by atoms with Gasteiger partial charge in [-0.1, -0.05) is 6.58 Å². The molecular weight excluding hydrogens is 172 g/mol. The predicted molar refractivity (Wildman–Crippen MR) is 49.1 cm³/mol. The van der Waals surface area contributed by atoms with Crippen molar-refractivity contribution in [1.82, 2.24) is 0 Å². The van der Waals surface area contributed by atoms with Gasteiger partial charge in [0.15, 0.2) is 0 Å². The van der Waals surface area contributed by atoms with Crippen LogP contribution < -0.4 is 0 Å². The number of carboxylic acids is 1. The number of carbonyl (C=O) groups is 2. The summed E-state index contributed by atoms with van der Waals surface area (Å²) in [5.41, 5.74) is -0.422. The van der Waals surface area contributed by atoms with Crippen molar-refractivity contribution in [1.29, 1.82) is 0 Å². The quantitative estimate of drug-likeness (QED) is 0.503. The fourth-order valence-electron chi connectivity index (χ4n) is 0.252. The van der Waals surface area contributed by atoms with E-state index in [1.807, 2.05) is 0 Å². The van der Waals surface area contributed by atoms with Crippen molar-refractivity contribution < 1.29 is 19.4 Å². The van der Waals surface area contributed by atoms with Gasteiger partial charge in [-0.3, -0.25) is 9.59 Å². The number of hydrogen-bond acceptors (Lipinski definition) is 3. The second kappa shape index (κ2) is 6.22. The Balaban J connectivity index is 0. The van der Waals surface area contributed by atoms with E-state index in [9.17, 15) is 4.79 Å². The lowest BCUT2D eigenvalue weighted by molar-refractivity contribution is -0.146. The number of carbonyl (C=O) groups excluding carboxylic acids is 1. The van der Waals surface area contributed by atoms with Crippen LogP contribution in [0.1, 0.15) is 27.7 Å². The summed E-state index contributed by atoms with van der Waals surface area (Å²) in [5, 5.41) is 7.42. The number of aliphatic carboxylic acids is 1. The molecule has 0 bridgehead atoms. The molecule has 1 N–H and O–H groups in total. The molecule has 0 aliphatic heterocycles. The van der Waals surface area contributed by atoms with E-state index in [4.69, 9.17) is 9.90 Å². The zero-order chi connectivity index (χ0) is 11.1. The lowest BCUT2D eigenvalue weighted by Crippen LogP contribution is -2.20. The Morgan fingerprint density at radius 2 is 1.69 bits per heavy atom. The maximum atomic E-state index is 10.8. The third kappa shape index (κ3) is 13.6. The first-order valence-corrected chi connectivity index (χ1v) is 3.73. The van der Waals surface area contributed by atoms with Crippen LogP contribution in [-0.4, -0.2) is 17.0 Å². The summed E-state index contributed by atoms with van der Waals surface area (Å²) < 4.78 is 4.53. The van der Waals surface area contributed by atoms with Gasteiger partial charge in [0, 0.05) is 6.92 Å². The summed E-state index contributed by atoms with van der Waals surface area (Å²) >= 11 is 0. The van der Waals surface area contributed by atoms with Gasteiger partial charge in [0.05, 0.1) is 11.7 Å². The van der Waals surface area contributed by atoms with Gasteiger partial charge in [0.1, 0.15) is 0 Å². The van der Waals surface area contributed by atoms with Crippen LogP contribution in [0.15, 0.2) is 12.8 Å². The van der Waals surface area contributed by atoms with Crippen molar-refractivity contribution in [3.63, 3.8) is 0 Å². The van der Waals surface area contributed by atoms with Gasteiger partial charge >= 0.3 is 5.97 Å². The van der Waals surface area contributed by atoms with E-state index in [1.165, 1.54) is 0 Å². The SMILES string of the molecule is C=COC(=O)C(C)(C)C.CC(=O)O. The molecule has 0 fully saturated rings. The molecule has 0 spiro atoms. The van der Waals surface area contributed by atoms with E-state index in [0.29, 0.717) is 0 Å². The molecule has 4 nitrogen and oxygen atoms in total. The summed E-state index contributed by atoms with van der Waals surface area (Å²) in [6.45, 7) is 9.73. The van der Waals surface area contributed by atoms with Gasteiger partial charge in [-0.05, 0) is 20.8 Å². The van der Waals surface area contributed by atoms with Crippen LogP contribution in [0.3, 0.4) is 0 Å². The van der Waals surface area contributed by atoms with E-state index in [2.05, 4.69) is 11.3 Å². The molecule has 0 saturated heterocycles. The third-order valence-corrected chi connectivity index (χ3v) is 0.803. The highest BCUT2D eigenvalue weighted by molar-refractivity contribution is 5.75. The first-order valence-electron chi connectivity index (χ1n) is 3.73. The molecule has 0 aliphatic carbocycles. The summed E-state index contributed by atoms with van der Waals surface area (Å²) in [7, 11) is 0. The number of ether oxygens (including phenoxy) is 1. The molecule has 0 rings (SSSR count). The van der Waals surface area contributed by atoms with Crippen LogP contribution in [0.2, 0.25) is 0 Å². The first-order chi connectivity index (χ1) is 5.71. The number of rotatable bonds is 1. The maximum absolute atomic E-state index is 10.8. The standard InChI is InChI=1S/C7H12O2.C2H4O2/c1-5-9-6(8)7(2,3)4;1-2(3)4/h5H,1H2,2-4H3;1H3,(H,3,4). The van der Waals surface area contributed by atoms with Crippen molar-refractivity contribution >= 4 is 11.9 Å². The van der Waals surface area contributed by atoms with Crippen LogP contribution in [0.4, 0.5) is 0 Å². The Bertz CT molecular complexity index is 184. The van der Waals surface area contributed by atoms with Crippen molar-refractivity contribution in [2.24, 2.45) is 5.41 Å². The van der Waals surface area contributed by atoms with Crippen LogP contribution >= 0.6 is 0 Å². The zero-order valence-corrected chi connectivity index (χ0v) is 8.46. The molecular formula is C9H16O4.